The molecule has 1 aromatic carbocycles. The zero-order chi connectivity index (χ0) is 23.1. The van der Waals surface area contributed by atoms with Crippen molar-refractivity contribution in [2.75, 3.05) is 13.2 Å². The summed E-state index contributed by atoms with van der Waals surface area (Å²) in [6, 6.07) is 8.92. The molecule has 1 heterocycles. The Morgan fingerprint density at radius 2 is 2.23 bits per heavy atom. The number of carbonyl (C=O) groups is 2. The van der Waals surface area contributed by atoms with E-state index in [1.165, 1.54) is 0 Å². The molecule has 1 fully saturated rings. The fraction of sp³-hybridized carbons (Fsp3) is 0.450. The number of hydrogen-bond acceptors (Lipinski definition) is 4. The van der Waals surface area contributed by atoms with Crippen molar-refractivity contribution in [2.24, 2.45) is 5.92 Å². The van der Waals surface area contributed by atoms with Crippen molar-refractivity contribution in [2.45, 2.75) is 38.3 Å². The Hall–Kier alpha value is -1.18. The predicted octanol–water partition coefficient (Wildman–Crippen LogP) is 4.18. The summed E-state index contributed by atoms with van der Waals surface area (Å²) in [5, 5.41) is 15.9. The van der Waals surface area contributed by atoms with E-state index in [0.29, 0.717) is 44.7 Å². The van der Waals surface area contributed by atoms with Gasteiger partial charge >= 0.3 is 0 Å². The smallest absolute Gasteiger partial charge is 0.268 e. The number of hydrogen-bond donors (Lipinski definition) is 2. The van der Waals surface area contributed by atoms with Gasteiger partial charge in [0.15, 0.2) is 0 Å². The standard InChI is InChI=1S/C20H23ClIN4O3PS/c21-14-6-5-13-11-18(26(17(13)12-14)9-10-29-31(22)30)20(28)25-16-4-2-1-3-15(16)19(27)24-8-7-23/h5-6,11-12,15-16,30H,1-4,8-10H2,(H,24,27)(H,25,28)/t15-,16+,31?/m1/s1/i30T. The van der Waals surface area contributed by atoms with E-state index >= 15 is 0 Å². The normalized spacial score (nSPS) is 20.1. The number of carbonyl (C=O) groups excluding carboxylic acids is 2. The molecule has 166 valence electrons. The first-order chi connectivity index (χ1) is 15.4. The average molecular weight is 595 g/mol. The van der Waals surface area contributed by atoms with E-state index in [1.54, 1.807) is 6.07 Å². The van der Waals surface area contributed by atoms with Crippen molar-refractivity contribution in [3.05, 3.63) is 35.0 Å². The minimum absolute atomic E-state index is 0.0405. The van der Waals surface area contributed by atoms with Crippen LogP contribution in [0.4, 0.5) is 0 Å². The van der Waals surface area contributed by atoms with Crippen molar-refractivity contribution >= 4 is 71.0 Å². The molecule has 0 saturated heterocycles. The molecule has 31 heavy (non-hydrogen) atoms. The van der Waals surface area contributed by atoms with Crippen molar-refractivity contribution in [1.29, 1.82) is 6.54 Å². The van der Waals surface area contributed by atoms with Gasteiger partial charge in [0.05, 0.1) is 24.1 Å². The van der Waals surface area contributed by atoms with Crippen LogP contribution in [0.1, 0.15) is 36.2 Å². The Bertz CT molecular complexity index is 1080. The molecule has 7 nitrogen and oxygen atoms in total. The lowest BCUT2D eigenvalue weighted by molar-refractivity contribution is -0.126. The van der Waals surface area contributed by atoms with E-state index < -0.39 is 7.53 Å². The summed E-state index contributed by atoms with van der Waals surface area (Å²) >= 11 is 8.28. The zero-order valence-corrected chi connectivity index (χ0v) is 21.3. The lowest BCUT2D eigenvalue weighted by Crippen LogP contribution is -2.48. The number of halogens is 2. The molecule has 1 aromatic heterocycles. The molecular formula is C20H23ClIN4O3PS. The van der Waals surface area contributed by atoms with Crippen molar-refractivity contribution < 1.29 is 13.8 Å². The fourth-order valence-corrected chi connectivity index (χ4v) is 5.11. The molecule has 0 spiro atoms. The van der Waals surface area contributed by atoms with Crippen LogP contribution in [0.15, 0.2) is 24.3 Å². The third kappa shape index (κ3) is 6.42. The highest BCUT2D eigenvalue weighted by atomic mass is 127. The molecule has 1 unspecified atom stereocenters. The first-order valence-corrected chi connectivity index (χ1v) is 15.0. The molecule has 2 amide bonds. The molecule has 3 atom stereocenters. The number of fused-ring (bicyclic) bond motifs is 1. The Balaban J connectivity index is 1.83. The van der Waals surface area contributed by atoms with E-state index in [4.69, 9.17) is 22.3 Å². The van der Waals surface area contributed by atoms with Gasteiger partial charge in [-0.3, -0.25) is 9.59 Å². The maximum atomic E-state index is 13.3. The van der Waals surface area contributed by atoms with Crippen LogP contribution in [0, 0.1) is 17.2 Å². The molecule has 11 heteroatoms. The lowest BCUT2D eigenvalue weighted by Gasteiger charge is -2.31. The fourth-order valence-electron chi connectivity index (χ4n) is 3.97. The van der Waals surface area contributed by atoms with Gasteiger partial charge in [-0.15, -0.1) is 0 Å². The third-order valence-electron chi connectivity index (χ3n) is 5.36. The predicted molar refractivity (Wildman–Crippen MR) is 134 cm³/mol. The number of amides is 2. The zero-order valence-electron chi connectivity index (χ0n) is 17.6. The molecule has 0 aliphatic heterocycles. The van der Waals surface area contributed by atoms with Crippen LogP contribution in [-0.4, -0.2) is 36.9 Å². The van der Waals surface area contributed by atoms with Gasteiger partial charge in [0.1, 0.15) is 13.5 Å². The van der Waals surface area contributed by atoms with E-state index in [2.05, 4.69) is 31.8 Å². The molecule has 0 bridgehead atoms. The van der Waals surface area contributed by atoms with Crippen LogP contribution in [-0.2, 0) is 23.0 Å². The van der Waals surface area contributed by atoms with E-state index in [9.17, 15) is 9.59 Å². The van der Waals surface area contributed by atoms with Gasteiger partial charge in [-0.25, -0.2) is 0 Å². The van der Waals surface area contributed by atoms with Gasteiger partial charge in [-0.05, 0) is 31.0 Å². The van der Waals surface area contributed by atoms with Gasteiger partial charge in [0, 0.05) is 51.7 Å². The van der Waals surface area contributed by atoms with E-state index in [-0.39, 0.29) is 30.3 Å². The number of nitrogens with one attached hydrogen (secondary N) is 2. The molecule has 1 saturated carbocycles. The monoisotopic (exact) mass is 594 g/mol. The number of rotatable bonds is 8. The topological polar surface area (TPSA) is 96.2 Å². The maximum Gasteiger partial charge on any atom is 0.268 e. The Morgan fingerprint density at radius 1 is 1.42 bits per heavy atom. The molecule has 0 radical (unpaired) electrons. The van der Waals surface area contributed by atoms with Crippen LogP contribution in [0.3, 0.4) is 0 Å². The number of aromatic nitrogens is 1. The minimum atomic E-state index is -0.511. The van der Waals surface area contributed by atoms with Crippen LogP contribution in [0.5, 0.6) is 0 Å². The number of benzene rings is 1. The lowest BCUT2D eigenvalue weighted by atomic mass is 9.83. The Morgan fingerprint density at radius 3 is 3.00 bits per heavy atom. The quantitative estimate of drug-likeness (QED) is 0.272. The molecule has 1 aliphatic rings. The molecular weight excluding hydrogens is 570 g/mol. The first-order valence-electron chi connectivity index (χ1n) is 10.3. The average Bonchev–Trinajstić information content (AvgIpc) is 3.15. The number of nitrogens with zero attached hydrogens (tertiary/aromatic N) is 2. The third-order valence-corrected chi connectivity index (χ3v) is 7.03. The maximum absolute atomic E-state index is 13.3. The first kappa shape index (κ1) is 23.0. The van der Waals surface area contributed by atoms with E-state index in [0.717, 1.165) is 23.7 Å². The van der Waals surface area contributed by atoms with Crippen LogP contribution >= 0.6 is 40.8 Å². The molecule has 2 N–H and O–H groups in total. The van der Waals surface area contributed by atoms with Crippen molar-refractivity contribution in [1.82, 2.24) is 15.2 Å². The van der Waals surface area contributed by atoms with Crippen molar-refractivity contribution in [3.63, 3.8) is 0 Å². The van der Waals surface area contributed by atoms with Crippen molar-refractivity contribution in [3.8, 4) is 6.07 Å². The summed E-state index contributed by atoms with van der Waals surface area (Å²) in [7, 11) is -0.0936. The van der Waals surface area contributed by atoms with Crippen LogP contribution in [0.25, 0.3) is 10.9 Å². The van der Waals surface area contributed by atoms with Gasteiger partial charge in [-0.1, -0.05) is 38.5 Å². The molecule has 3 rings (SSSR count). The van der Waals surface area contributed by atoms with Gasteiger partial charge in [0.25, 0.3) is 5.91 Å². The Labute approximate surface area is 204 Å². The Kier molecular flexibility index (Phi) is 8.62. The summed E-state index contributed by atoms with van der Waals surface area (Å²) in [6.07, 6.45) is 3.25. The highest BCUT2D eigenvalue weighted by molar-refractivity contribution is 14.2. The summed E-state index contributed by atoms with van der Waals surface area (Å²) in [5.74, 6) is -0.802. The van der Waals surface area contributed by atoms with Gasteiger partial charge < -0.3 is 19.4 Å². The minimum Gasteiger partial charge on any atom is -0.347 e. The highest BCUT2D eigenvalue weighted by Crippen LogP contribution is 2.27. The van der Waals surface area contributed by atoms with Crippen LogP contribution < -0.4 is 10.6 Å². The van der Waals surface area contributed by atoms with E-state index in [1.807, 2.05) is 28.8 Å². The summed E-state index contributed by atoms with van der Waals surface area (Å²) in [5.41, 5.74) is 1.30. The number of nitriles is 1. The van der Waals surface area contributed by atoms with Crippen LogP contribution in [0.2, 0.25) is 5.02 Å². The summed E-state index contributed by atoms with van der Waals surface area (Å²) in [6.45, 7) is 0.754. The summed E-state index contributed by atoms with van der Waals surface area (Å²) < 4.78 is 14.9. The largest absolute Gasteiger partial charge is 0.347 e. The SMILES string of the molecule is [3H]P=S(I)OCCn1c(C(=O)N[C@H]2CCCC[C@H]2C(=O)NCC#N)cc2ccc(Cl)cc21. The highest BCUT2D eigenvalue weighted by Gasteiger charge is 2.32. The second-order valence-electron chi connectivity index (χ2n) is 7.26. The molecule has 2 aromatic rings. The van der Waals surface area contributed by atoms with Gasteiger partial charge in [-0.2, -0.15) is 5.26 Å². The summed E-state index contributed by atoms with van der Waals surface area (Å²) in [4.78, 5) is 25.8. The second kappa shape index (κ2) is 11.6. The second-order valence-corrected chi connectivity index (χ2v) is 13.8. The van der Waals surface area contributed by atoms with Gasteiger partial charge in [0.2, 0.25) is 5.91 Å². The molecule has 1 aliphatic carbocycles.